The number of aryl methyl sites for hydroxylation is 1. The minimum Gasteiger partial charge on any atom is -0.381 e. The Labute approximate surface area is 167 Å². The maximum atomic E-state index is 14.2. The van der Waals surface area contributed by atoms with Gasteiger partial charge in [0, 0.05) is 48.7 Å². The van der Waals surface area contributed by atoms with Gasteiger partial charge in [-0.15, -0.1) is 0 Å². The maximum Gasteiger partial charge on any atom is 0.177 e. The number of rotatable bonds is 6. The number of aromatic nitrogens is 2. The standard InChI is InChI=1S/C20H24F3N3OS/c21-14-3-4-15(22)19(23)18(14)12-10-17-16(25-20(28)26(17)11-12)2-1-7-24-13-5-8-27-9-6-13/h3-4,12-13,24H,1-2,5-11H2,(H,25,28)/t12-/m0/s1. The summed E-state index contributed by atoms with van der Waals surface area (Å²) < 4.78 is 49.8. The molecule has 1 aromatic carbocycles. The Morgan fingerprint density at radius 3 is 2.71 bits per heavy atom. The largest absolute Gasteiger partial charge is 0.381 e. The van der Waals surface area contributed by atoms with Crippen molar-refractivity contribution >= 4 is 12.2 Å². The molecule has 28 heavy (non-hydrogen) atoms. The van der Waals surface area contributed by atoms with Gasteiger partial charge in [0.05, 0.1) is 0 Å². The lowest BCUT2D eigenvalue weighted by atomic mass is 9.95. The maximum absolute atomic E-state index is 14.2. The lowest BCUT2D eigenvalue weighted by Crippen LogP contribution is -2.35. The molecule has 2 aliphatic rings. The van der Waals surface area contributed by atoms with Crippen LogP contribution in [0.4, 0.5) is 13.2 Å². The zero-order valence-corrected chi connectivity index (χ0v) is 16.4. The van der Waals surface area contributed by atoms with Crippen LogP contribution in [0.2, 0.25) is 0 Å². The van der Waals surface area contributed by atoms with Crippen molar-refractivity contribution in [2.45, 2.75) is 50.6 Å². The predicted octanol–water partition coefficient (Wildman–Crippen LogP) is 4.00. The third-order valence-corrected chi connectivity index (χ3v) is 6.09. The van der Waals surface area contributed by atoms with E-state index in [1.165, 1.54) is 0 Å². The van der Waals surface area contributed by atoms with E-state index in [2.05, 4.69) is 10.3 Å². The Morgan fingerprint density at radius 1 is 1.18 bits per heavy atom. The molecule has 0 amide bonds. The second kappa shape index (κ2) is 8.39. The molecule has 0 unspecified atom stereocenters. The fourth-order valence-corrected chi connectivity index (χ4v) is 4.60. The van der Waals surface area contributed by atoms with E-state index in [4.69, 9.17) is 17.0 Å². The smallest absolute Gasteiger partial charge is 0.177 e. The number of fused-ring (bicyclic) bond motifs is 1. The molecular formula is C20H24F3N3OS. The number of ether oxygens (including phenoxy) is 1. The van der Waals surface area contributed by atoms with Crippen LogP contribution in [0, 0.1) is 22.2 Å². The SMILES string of the molecule is Fc1ccc(F)c([C@H]2Cc3c(CCCNC4CCOCC4)[nH]c(=S)n3C2)c1F. The Morgan fingerprint density at radius 2 is 1.93 bits per heavy atom. The molecule has 0 bridgehead atoms. The molecule has 8 heteroatoms. The molecule has 2 aromatic rings. The number of aromatic amines is 1. The zero-order chi connectivity index (χ0) is 19.7. The first-order valence-corrected chi connectivity index (χ1v) is 10.2. The third-order valence-electron chi connectivity index (χ3n) is 5.77. The first kappa shape index (κ1) is 19.7. The molecule has 0 radical (unpaired) electrons. The second-order valence-electron chi connectivity index (χ2n) is 7.57. The van der Waals surface area contributed by atoms with Crippen molar-refractivity contribution in [2.75, 3.05) is 19.8 Å². The van der Waals surface area contributed by atoms with Gasteiger partial charge in [-0.2, -0.15) is 0 Å². The van der Waals surface area contributed by atoms with Gasteiger partial charge in [-0.3, -0.25) is 0 Å². The highest BCUT2D eigenvalue weighted by molar-refractivity contribution is 7.71. The summed E-state index contributed by atoms with van der Waals surface area (Å²) in [6, 6.07) is 2.33. The van der Waals surface area contributed by atoms with Crippen LogP contribution in [-0.2, 0) is 24.1 Å². The summed E-state index contributed by atoms with van der Waals surface area (Å²) in [5.74, 6) is -3.25. The average molecular weight is 411 g/mol. The predicted molar refractivity (Wildman–Crippen MR) is 103 cm³/mol. The van der Waals surface area contributed by atoms with Gasteiger partial charge in [0.15, 0.2) is 16.4 Å². The molecule has 3 heterocycles. The van der Waals surface area contributed by atoms with Crippen molar-refractivity contribution in [1.29, 1.82) is 0 Å². The fourth-order valence-electron chi connectivity index (χ4n) is 4.29. The molecule has 1 fully saturated rings. The minimum absolute atomic E-state index is 0.176. The molecule has 2 aliphatic heterocycles. The van der Waals surface area contributed by atoms with Crippen molar-refractivity contribution in [1.82, 2.24) is 14.9 Å². The van der Waals surface area contributed by atoms with Gasteiger partial charge in [-0.05, 0) is 63.0 Å². The number of benzene rings is 1. The number of imidazole rings is 1. The summed E-state index contributed by atoms with van der Waals surface area (Å²) in [7, 11) is 0. The van der Waals surface area contributed by atoms with Crippen molar-refractivity contribution in [3.63, 3.8) is 0 Å². The topological polar surface area (TPSA) is 42.0 Å². The number of H-pyrrole nitrogens is 1. The van der Waals surface area contributed by atoms with Gasteiger partial charge in [-0.25, -0.2) is 13.2 Å². The van der Waals surface area contributed by atoms with Crippen LogP contribution in [0.1, 0.15) is 42.1 Å². The molecule has 2 N–H and O–H groups in total. The summed E-state index contributed by atoms with van der Waals surface area (Å²) in [6.45, 7) is 2.88. The van der Waals surface area contributed by atoms with Crippen LogP contribution in [0.5, 0.6) is 0 Å². The Kier molecular flexibility index (Phi) is 5.89. The van der Waals surface area contributed by atoms with Crippen LogP contribution >= 0.6 is 12.2 Å². The average Bonchev–Trinajstić information content (AvgIpc) is 3.24. The number of nitrogens with zero attached hydrogens (tertiary/aromatic N) is 1. The minimum atomic E-state index is -1.09. The molecule has 1 atom stereocenters. The lowest BCUT2D eigenvalue weighted by Gasteiger charge is -2.23. The number of halogens is 3. The van der Waals surface area contributed by atoms with Crippen LogP contribution < -0.4 is 5.32 Å². The molecule has 4 rings (SSSR count). The molecule has 0 aliphatic carbocycles. The van der Waals surface area contributed by atoms with Gasteiger partial charge >= 0.3 is 0 Å². The zero-order valence-electron chi connectivity index (χ0n) is 15.6. The molecular weight excluding hydrogens is 387 g/mol. The number of nitrogens with one attached hydrogen (secondary N) is 2. The van der Waals surface area contributed by atoms with Crippen molar-refractivity contribution in [3.8, 4) is 0 Å². The highest BCUT2D eigenvalue weighted by atomic mass is 32.1. The van der Waals surface area contributed by atoms with Crippen LogP contribution in [0.3, 0.4) is 0 Å². The first-order chi connectivity index (χ1) is 13.5. The van der Waals surface area contributed by atoms with Crippen LogP contribution in [0.15, 0.2) is 12.1 Å². The monoisotopic (exact) mass is 411 g/mol. The summed E-state index contributed by atoms with van der Waals surface area (Å²) in [4.78, 5) is 3.23. The van der Waals surface area contributed by atoms with Crippen LogP contribution in [-0.4, -0.2) is 35.4 Å². The van der Waals surface area contributed by atoms with E-state index >= 15 is 0 Å². The second-order valence-corrected chi connectivity index (χ2v) is 7.95. The van der Waals surface area contributed by atoms with E-state index in [0.717, 1.165) is 69.0 Å². The van der Waals surface area contributed by atoms with E-state index in [9.17, 15) is 13.2 Å². The molecule has 0 spiro atoms. The Hall–Kier alpha value is -1.64. The van der Waals surface area contributed by atoms with Crippen LogP contribution in [0.25, 0.3) is 0 Å². The third kappa shape index (κ3) is 3.90. The Balaban J connectivity index is 1.41. The van der Waals surface area contributed by atoms with E-state index in [1.807, 2.05) is 4.57 Å². The fraction of sp³-hybridized carbons (Fsp3) is 0.550. The molecule has 1 aromatic heterocycles. The summed E-state index contributed by atoms with van der Waals surface area (Å²) >= 11 is 5.39. The molecule has 1 saturated heterocycles. The van der Waals surface area contributed by atoms with Gasteiger partial charge in [0.2, 0.25) is 0 Å². The molecule has 0 saturated carbocycles. The van der Waals surface area contributed by atoms with Gasteiger partial charge in [0.25, 0.3) is 0 Å². The first-order valence-electron chi connectivity index (χ1n) is 9.79. The number of hydrogen-bond acceptors (Lipinski definition) is 3. The van der Waals surface area contributed by atoms with Crippen molar-refractivity contribution in [2.24, 2.45) is 0 Å². The Bertz CT molecular complexity index is 905. The quantitative estimate of drug-likeness (QED) is 0.429. The van der Waals surface area contributed by atoms with Crippen molar-refractivity contribution in [3.05, 3.63) is 51.3 Å². The van der Waals surface area contributed by atoms with E-state index in [1.54, 1.807) is 0 Å². The summed E-state index contributed by atoms with van der Waals surface area (Å²) in [5.41, 5.74) is 1.81. The van der Waals surface area contributed by atoms with Gasteiger partial charge < -0.3 is 19.6 Å². The molecule has 4 nitrogen and oxygen atoms in total. The van der Waals surface area contributed by atoms with Crippen molar-refractivity contribution < 1.29 is 17.9 Å². The highest BCUT2D eigenvalue weighted by Crippen LogP contribution is 2.35. The number of hydrogen-bond donors (Lipinski definition) is 2. The van der Waals surface area contributed by atoms with Gasteiger partial charge in [0.1, 0.15) is 5.82 Å². The van der Waals surface area contributed by atoms with Gasteiger partial charge in [-0.1, -0.05) is 0 Å². The van der Waals surface area contributed by atoms with E-state index in [0.29, 0.717) is 23.8 Å². The summed E-state index contributed by atoms with van der Waals surface area (Å²) in [5, 5.41) is 3.55. The lowest BCUT2D eigenvalue weighted by molar-refractivity contribution is 0.0780. The molecule has 152 valence electrons. The highest BCUT2D eigenvalue weighted by Gasteiger charge is 2.31. The van der Waals surface area contributed by atoms with E-state index in [-0.39, 0.29) is 5.56 Å². The summed E-state index contributed by atoms with van der Waals surface area (Å²) in [6.07, 6.45) is 4.27. The normalized spacial score (nSPS) is 19.9. The van der Waals surface area contributed by atoms with E-state index < -0.39 is 23.4 Å².